The fourth-order valence-corrected chi connectivity index (χ4v) is 1.20. The quantitative estimate of drug-likeness (QED) is 0.574. The molecule has 2 heteroatoms. The standard InChI is InChI=1S/C7H15NO/c1-6(2,9)5-7(8)3-4-7/h9H,3-5,8H2,1-2H3. The summed E-state index contributed by atoms with van der Waals surface area (Å²) in [7, 11) is 0. The summed E-state index contributed by atoms with van der Waals surface area (Å²) in [5.74, 6) is 0. The fraction of sp³-hybridized carbons (Fsp3) is 1.00. The molecule has 0 aromatic carbocycles. The molecule has 54 valence electrons. The number of hydrogen-bond acceptors (Lipinski definition) is 2. The van der Waals surface area contributed by atoms with Gasteiger partial charge in [-0.3, -0.25) is 0 Å². The van der Waals surface area contributed by atoms with E-state index in [1.54, 1.807) is 13.8 Å². The molecule has 0 aromatic heterocycles. The van der Waals surface area contributed by atoms with E-state index in [1.165, 1.54) is 0 Å². The van der Waals surface area contributed by atoms with Gasteiger partial charge < -0.3 is 10.8 Å². The van der Waals surface area contributed by atoms with Gasteiger partial charge in [-0.05, 0) is 33.1 Å². The van der Waals surface area contributed by atoms with Crippen LogP contribution in [0, 0.1) is 0 Å². The molecule has 0 radical (unpaired) electrons. The van der Waals surface area contributed by atoms with Crippen molar-refractivity contribution in [1.29, 1.82) is 0 Å². The van der Waals surface area contributed by atoms with Crippen LogP contribution in [0.1, 0.15) is 33.1 Å². The molecular formula is C7H15NO. The molecule has 0 aromatic rings. The molecule has 0 amide bonds. The lowest BCUT2D eigenvalue weighted by Crippen LogP contribution is -2.33. The van der Waals surface area contributed by atoms with E-state index in [2.05, 4.69) is 0 Å². The van der Waals surface area contributed by atoms with Crippen molar-refractivity contribution in [3.8, 4) is 0 Å². The molecule has 0 spiro atoms. The van der Waals surface area contributed by atoms with Gasteiger partial charge in [0.2, 0.25) is 0 Å². The molecule has 1 aliphatic carbocycles. The van der Waals surface area contributed by atoms with Crippen molar-refractivity contribution in [2.45, 2.75) is 44.2 Å². The number of rotatable bonds is 2. The molecule has 0 heterocycles. The maximum atomic E-state index is 9.31. The molecule has 3 N–H and O–H groups in total. The molecule has 0 atom stereocenters. The van der Waals surface area contributed by atoms with Crippen molar-refractivity contribution >= 4 is 0 Å². The lowest BCUT2D eigenvalue weighted by molar-refractivity contribution is 0.0607. The lowest BCUT2D eigenvalue weighted by atomic mass is 9.98. The summed E-state index contributed by atoms with van der Waals surface area (Å²) >= 11 is 0. The first kappa shape index (κ1) is 7.03. The molecule has 1 rings (SSSR count). The van der Waals surface area contributed by atoms with E-state index >= 15 is 0 Å². The van der Waals surface area contributed by atoms with Gasteiger partial charge in [-0.15, -0.1) is 0 Å². The summed E-state index contributed by atoms with van der Waals surface area (Å²) in [5.41, 5.74) is 5.18. The Morgan fingerprint density at radius 1 is 1.56 bits per heavy atom. The van der Waals surface area contributed by atoms with Crippen LogP contribution in [0.5, 0.6) is 0 Å². The Labute approximate surface area is 56.1 Å². The van der Waals surface area contributed by atoms with Gasteiger partial charge in [0.05, 0.1) is 5.60 Å². The molecule has 1 aliphatic rings. The largest absolute Gasteiger partial charge is 0.390 e. The molecule has 9 heavy (non-hydrogen) atoms. The molecular weight excluding hydrogens is 114 g/mol. The zero-order chi connectivity index (χ0) is 7.12. The predicted molar refractivity (Wildman–Crippen MR) is 37.1 cm³/mol. The minimum absolute atomic E-state index is 0.0156. The van der Waals surface area contributed by atoms with Gasteiger partial charge in [-0.1, -0.05) is 0 Å². The van der Waals surface area contributed by atoms with Crippen LogP contribution < -0.4 is 5.73 Å². The third-order valence-electron chi connectivity index (χ3n) is 1.68. The SMILES string of the molecule is CC(C)(O)CC1(N)CC1. The van der Waals surface area contributed by atoms with E-state index in [0.717, 1.165) is 19.3 Å². The highest BCUT2D eigenvalue weighted by Gasteiger charge is 2.41. The van der Waals surface area contributed by atoms with Crippen LogP contribution in [0.2, 0.25) is 0 Å². The zero-order valence-electron chi connectivity index (χ0n) is 6.15. The van der Waals surface area contributed by atoms with Crippen LogP contribution in [-0.4, -0.2) is 16.2 Å². The van der Waals surface area contributed by atoms with Crippen molar-refractivity contribution < 1.29 is 5.11 Å². The smallest absolute Gasteiger partial charge is 0.0609 e. The minimum atomic E-state index is -0.578. The van der Waals surface area contributed by atoms with E-state index < -0.39 is 5.60 Å². The van der Waals surface area contributed by atoms with E-state index in [0.29, 0.717) is 0 Å². The number of hydrogen-bond donors (Lipinski definition) is 2. The predicted octanol–water partition coefficient (Wildman–Crippen LogP) is 0.639. The Bertz CT molecular complexity index is 107. The summed E-state index contributed by atoms with van der Waals surface area (Å²) < 4.78 is 0. The van der Waals surface area contributed by atoms with Crippen molar-refractivity contribution in [3.05, 3.63) is 0 Å². The van der Waals surface area contributed by atoms with Crippen LogP contribution in [0.15, 0.2) is 0 Å². The highest BCUT2D eigenvalue weighted by atomic mass is 16.3. The molecule has 1 saturated carbocycles. The van der Waals surface area contributed by atoms with Crippen LogP contribution >= 0.6 is 0 Å². The fourth-order valence-electron chi connectivity index (χ4n) is 1.20. The van der Waals surface area contributed by atoms with Crippen molar-refractivity contribution in [2.24, 2.45) is 5.73 Å². The average Bonchev–Trinajstić information content (AvgIpc) is 2.12. The van der Waals surface area contributed by atoms with Crippen LogP contribution in [0.25, 0.3) is 0 Å². The second kappa shape index (κ2) is 1.70. The molecule has 1 fully saturated rings. The van der Waals surface area contributed by atoms with E-state index in [9.17, 15) is 5.11 Å². The molecule has 0 unspecified atom stereocenters. The summed E-state index contributed by atoms with van der Waals surface area (Å²) in [6, 6.07) is 0. The second-order valence-electron chi connectivity index (χ2n) is 3.85. The van der Waals surface area contributed by atoms with Gasteiger partial charge in [0, 0.05) is 5.54 Å². The average molecular weight is 129 g/mol. The summed E-state index contributed by atoms with van der Waals surface area (Å²) in [6.45, 7) is 3.61. The first-order chi connectivity index (χ1) is 3.91. The van der Waals surface area contributed by atoms with E-state index in [-0.39, 0.29) is 5.54 Å². The maximum Gasteiger partial charge on any atom is 0.0609 e. The van der Waals surface area contributed by atoms with Gasteiger partial charge in [0.1, 0.15) is 0 Å². The highest BCUT2D eigenvalue weighted by molar-refractivity contribution is 5.01. The molecule has 0 aliphatic heterocycles. The first-order valence-corrected chi connectivity index (χ1v) is 3.43. The van der Waals surface area contributed by atoms with Gasteiger partial charge in [0.25, 0.3) is 0 Å². The maximum absolute atomic E-state index is 9.31. The topological polar surface area (TPSA) is 46.2 Å². The van der Waals surface area contributed by atoms with Gasteiger partial charge in [-0.2, -0.15) is 0 Å². The normalized spacial score (nSPS) is 24.0. The number of aliphatic hydroxyl groups is 1. The third-order valence-corrected chi connectivity index (χ3v) is 1.68. The van der Waals surface area contributed by atoms with Crippen LogP contribution in [0.3, 0.4) is 0 Å². The summed E-state index contributed by atoms with van der Waals surface area (Å²) in [4.78, 5) is 0. The highest BCUT2D eigenvalue weighted by Crippen LogP contribution is 2.39. The monoisotopic (exact) mass is 129 g/mol. The van der Waals surface area contributed by atoms with Crippen molar-refractivity contribution in [1.82, 2.24) is 0 Å². The molecule has 0 saturated heterocycles. The Morgan fingerprint density at radius 2 is 2.00 bits per heavy atom. The van der Waals surface area contributed by atoms with E-state index in [4.69, 9.17) is 5.73 Å². The van der Waals surface area contributed by atoms with Crippen molar-refractivity contribution in [2.75, 3.05) is 0 Å². The van der Waals surface area contributed by atoms with Gasteiger partial charge >= 0.3 is 0 Å². The Kier molecular flexibility index (Phi) is 1.33. The summed E-state index contributed by atoms with van der Waals surface area (Å²) in [5, 5.41) is 9.31. The molecule has 2 nitrogen and oxygen atoms in total. The van der Waals surface area contributed by atoms with Crippen LogP contribution in [0.4, 0.5) is 0 Å². The van der Waals surface area contributed by atoms with Gasteiger partial charge in [0.15, 0.2) is 0 Å². The molecule has 0 bridgehead atoms. The van der Waals surface area contributed by atoms with Crippen molar-refractivity contribution in [3.63, 3.8) is 0 Å². The summed E-state index contributed by atoms with van der Waals surface area (Å²) in [6.07, 6.45) is 2.90. The third kappa shape index (κ3) is 2.33. The first-order valence-electron chi connectivity index (χ1n) is 3.43. The second-order valence-corrected chi connectivity index (χ2v) is 3.85. The Balaban J connectivity index is 2.33. The lowest BCUT2D eigenvalue weighted by Gasteiger charge is -2.20. The number of nitrogens with two attached hydrogens (primary N) is 1. The Morgan fingerprint density at radius 3 is 2.11 bits per heavy atom. The minimum Gasteiger partial charge on any atom is -0.390 e. The van der Waals surface area contributed by atoms with Crippen LogP contribution in [-0.2, 0) is 0 Å². The zero-order valence-corrected chi connectivity index (χ0v) is 6.15. The Hall–Kier alpha value is -0.0800. The van der Waals surface area contributed by atoms with E-state index in [1.807, 2.05) is 0 Å². The van der Waals surface area contributed by atoms with Gasteiger partial charge in [-0.25, -0.2) is 0 Å².